The van der Waals surface area contributed by atoms with Gasteiger partial charge in [-0.05, 0) is 56.3 Å². The molecule has 4 fully saturated rings. The zero-order chi connectivity index (χ0) is 21.5. The average Bonchev–Trinajstić information content (AvgIpc) is 3.22. The maximum atomic E-state index is 8.21. The van der Waals surface area contributed by atoms with Crippen LogP contribution in [0.3, 0.4) is 0 Å². The van der Waals surface area contributed by atoms with Gasteiger partial charge in [0.25, 0.3) is 0 Å². The molecule has 1 nitrogen and oxygen atoms in total. The molecule has 0 atom stereocenters. The number of fused-ring (bicyclic) bond motifs is 2. The molecule has 0 heterocycles. The summed E-state index contributed by atoms with van der Waals surface area (Å²) in [6, 6.07) is 9.33. The van der Waals surface area contributed by atoms with Gasteiger partial charge in [-0.25, -0.2) is 0 Å². The second kappa shape index (κ2) is 9.30. The number of nitrogens with one attached hydrogen (secondary N) is 1. The molecule has 0 radical (unpaired) electrons. The first-order chi connectivity index (χ1) is 14.2. The zero-order valence-electron chi connectivity index (χ0n) is 19.5. The molecule has 3 heteroatoms. The van der Waals surface area contributed by atoms with Crippen LogP contribution in [0.25, 0.3) is 16.5 Å². The Kier molecular flexibility index (Phi) is 7.10. The van der Waals surface area contributed by atoms with E-state index in [2.05, 4.69) is 70.8 Å². The van der Waals surface area contributed by atoms with Crippen molar-refractivity contribution in [3.05, 3.63) is 46.7 Å². The molecule has 0 aromatic heterocycles. The van der Waals surface area contributed by atoms with Gasteiger partial charge in [-0.15, -0.1) is 40.1 Å². The number of rotatable bonds is 1. The minimum atomic E-state index is 0.0484. The molecular formula is C27H39NSiTi. The second-order valence-electron chi connectivity index (χ2n) is 11.2. The normalized spacial score (nSPS) is 30.6. The van der Waals surface area contributed by atoms with Crippen molar-refractivity contribution in [1.29, 1.82) is 0 Å². The molecule has 2 aromatic rings. The van der Waals surface area contributed by atoms with E-state index in [1.54, 1.807) is 11.1 Å². The summed E-state index contributed by atoms with van der Waals surface area (Å²) in [4.78, 5) is 0. The van der Waals surface area contributed by atoms with Crippen molar-refractivity contribution in [2.24, 2.45) is 17.8 Å². The first-order valence-electron chi connectivity index (χ1n) is 12.2. The molecule has 160 valence electrons. The van der Waals surface area contributed by atoms with Gasteiger partial charge in [0.15, 0.2) is 0 Å². The molecule has 4 bridgehead atoms. The van der Waals surface area contributed by atoms with Gasteiger partial charge in [0.1, 0.15) is 0 Å². The molecule has 0 saturated heterocycles. The van der Waals surface area contributed by atoms with Crippen molar-refractivity contribution in [2.45, 2.75) is 96.2 Å². The van der Waals surface area contributed by atoms with Gasteiger partial charge >= 0.3 is 51.3 Å². The van der Waals surface area contributed by atoms with Crippen molar-refractivity contribution in [3.63, 3.8) is 0 Å². The van der Waals surface area contributed by atoms with Crippen LogP contribution in [0.5, 0.6) is 0 Å². The summed E-state index contributed by atoms with van der Waals surface area (Å²) < 4.78 is 0. The Morgan fingerprint density at radius 3 is 1.97 bits per heavy atom. The summed E-state index contributed by atoms with van der Waals surface area (Å²) in [6.45, 7) is 9.09. The smallest absolute Gasteiger partial charge is 0.0289 e. The molecule has 5 aliphatic carbocycles. The topological polar surface area (TPSA) is 23.8 Å². The van der Waals surface area contributed by atoms with Crippen molar-refractivity contribution in [1.82, 2.24) is 0 Å². The van der Waals surface area contributed by atoms with Gasteiger partial charge in [-0.1, -0.05) is 37.3 Å². The predicted octanol–water partition coefficient (Wildman–Crippen LogP) is 7.93. The molecule has 4 saturated carbocycles. The van der Waals surface area contributed by atoms with E-state index in [0.29, 0.717) is 0 Å². The van der Waals surface area contributed by atoms with Crippen molar-refractivity contribution < 1.29 is 19.2 Å². The molecule has 0 spiro atoms. The Hall–Kier alpha value is -0.279. The third-order valence-electron chi connectivity index (χ3n) is 7.97. The van der Waals surface area contributed by atoms with E-state index in [-0.39, 0.29) is 11.7 Å². The van der Waals surface area contributed by atoms with Crippen LogP contribution in [0.4, 0.5) is 0 Å². The van der Waals surface area contributed by atoms with Crippen molar-refractivity contribution in [2.75, 3.05) is 0 Å². The van der Waals surface area contributed by atoms with Gasteiger partial charge in [0.2, 0.25) is 0 Å². The standard InChI is InChI=1S/C13H13.C10H16N.C4H10Si.Ti/c1-9-5-12-7-10-3-2-4-11(10)8-13(12)6-9;11-10-4-7-1-8(5-10)3-9(2-7)6-10;1-4(2)5-3;/h5-8H,2-4H2,1H3;7-9,11H,1-6H2;4H,1-3H3;/q2*-1;;+2. The Labute approximate surface area is 196 Å². The summed E-state index contributed by atoms with van der Waals surface area (Å²) >= 11 is 2.34. The van der Waals surface area contributed by atoms with E-state index >= 15 is 0 Å². The molecule has 30 heavy (non-hydrogen) atoms. The van der Waals surface area contributed by atoms with Crippen LogP contribution in [-0.4, -0.2) is 11.7 Å². The van der Waals surface area contributed by atoms with Crippen LogP contribution < -0.4 is 0 Å². The van der Waals surface area contributed by atoms with Crippen molar-refractivity contribution in [3.8, 4) is 0 Å². The van der Waals surface area contributed by atoms with Crippen LogP contribution >= 0.6 is 0 Å². The fraction of sp³-hybridized carbons (Fsp3) is 0.667. The van der Waals surface area contributed by atoms with Crippen LogP contribution in [0.1, 0.15) is 75.5 Å². The van der Waals surface area contributed by atoms with E-state index in [0.717, 1.165) is 23.3 Å². The van der Waals surface area contributed by atoms with E-state index in [1.165, 1.54) is 74.1 Å². The van der Waals surface area contributed by atoms with E-state index < -0.39 is 0 Å². The third-order valence-corrected chi connectivity index (χ3v) is 12.4. The SMILES string of the molecule is CC(C)[Si](C)=[Ti+2].Cc1cc2cc3c(cc2[cH-]1)CCC3.[NH-]C12CC3CC(CC(C3)C1)C2. The molecule has 0 aliphatic heterocycles. The quantitative estimate of drug-likeness (QED) is 0.309. The minimum Gasteiger partial charge on any atom is -0.672 e. The summed E-state index contributed by atoms with van der Waals surface area (Å²) in [7, 11) is 0. The molecule has 0 unspecified atom stereocenters. The summed E-state index contributed by atoms with van der Waals surface area (Å²) in [6.07, 6.45) is 12.1. The Morgan fingerprint density at radius 1 is 1.00 bits per heavy atom. The average molecular weight is 454 g/mol. The van der Waals surface area contributed by atoms with Crippen LogP contribution in [-0.2, 0) is 32.0 Å². The second-order valence-corrected chi connectivity index (χ2v) is 17.4. The maximum Gasteiger partial charge on any atom is -0.0289 e. The molecular weight excluding hydrogens is 414 g/mol. The third kappa shape index (κ3) is 5.37. The fourth-order valence-electron chi connectivity index (χ4n) is 6.56. The van der Waals surface area contributed by atoms with Gasteiger partial charge in [-0.2, -0.15) is 6.07 Å². The van der Waals surface area contributed by atoms with Gasteiger partial charge in [-0.3, -0.25) is 0 Å². The first kappa shape index (κ1) is 22.9. The van der Waals surface area contributed by atoms with Crippen LogP contribution in [0.2, 0.25) is 12.1 Å². The van der Waals surface area contributed by atoms with Gasteiger partial charge < -0.3 is 5.73 Å². The predicted molar refractivity (Wildman–Crippen MR) is 128 cm³/mol. The maximum absolute atomic E-state index is 8.21. The molecule has 5 aliphatic rings. The first-order valence-corrected chi connectivity index (χ1v) is 16.6. The monoisotopic (exact) mass is 453 g/mol. The van der Waals surface area contributed by atoms with Gasteiger partial charge in [0, 0.05) is 0 Å². The summed E-state index contributed by atoms with van der Waals surface area (Å²) in [5, 5.41) is 2.86. The number of hydrogen-bond donors (Lipinski definition) is 0. The molecule has 7 rings (SSSR count). The molecule has 0 amide bonds. The number of hydrogen-bond acceptors (Lipinski definition) is 0. The van der Waals surface area contributed by atoms with E-state index in [1.807, 2.05) is 0 Å². The molecule has 2 aromatic carbocycles. The van der Waals surface area contributed by atoms with Gasteiger partial charge in [0.05, 0.1) is 0 Å². The Morgan fingerprint density at radius 2 is 1.50 bits per heavy atom. The number of aryl methyl sites for hydroxylation is 3. The van der Waals surface area contributed by atoms with Crippen molar-refractivity contribution >= 4 is 17.0 Å². The summed E-state index contributed by atoms with van der Waals surface area (Å²) in [5.74, 6) is 2.87. The number of benzene rings is 1. The van der Waals surface area contributed by atoms with E-state index in [9.17, 15) is 0 Å². The fourth-order valence-corrected chi connectivity index (χ4v) is 6.56. The van der Waals surface area contributed by atoms with Crippen LogP contribution in [0, 0.1) is 24.7 Å². The Bertz CT molecular complexity index is 833. The molecule has 1 N–H and O–H groups in total. The zero-order valence-corrected chi connectivity index (χ0v) is 22.0. The Balaban J connectivity index is 0.000000117. The largest absolute Gasteiger partial charge is 0.672 e. The summed E-state index contributed by atoms with van der Waals surface area (Å²) in [5.41, 5.74) is 13.8. The minimum absolute atomic E-state index is 0.0484. The van der Waals surface area contributed by atoms with E-state index in [4.69, 9.17) is 5.73 Å². The van der Waals surface area contributed by atoms with Crippen LogP contribution in [0.15, 0.2) is 24.3 Å².